The summed E-state index contributed by atoms with van der Waals surface area (Å²) >= 11 is 0. The Balaban J connectivity index is 1.54. The summed E-state index contributed by atoms with van der Waals surface area (Å²) in [5.74, 6) is -0.351. The van der Waals surface area contributed by atoms with Crippen LogP contribution >= 0.6 is 0 Å². The summed E-state index contributed by atoms with van der Waals surface area (Å²) in [7, 11) is 0. The van der Waals surface area contributed by atoms with E-state index >= 15 is 0 Å². The largest absolute Gasteiger partial charge is 0.459 e. The summed E-state index contributed by atoms with van der Waals surface area (Å²) in [5.41, 5.74) is 0.694. The Bertz CT molecular complexity index is 1200. The van der Waals surface area contributed by atoms with Crippen molar-refractivity contribution in [2.45, 2.75) is 110 Å². The number of carbonyl (C=O) groups is 3. The van der Waals surface area contributed by atoms with Crippen LogP contribution in [0, 0.1) is 0 Å². The minimum Gasteiger partial charge on any atom is -0.459 e. The Morgan fingerprint density at radius 3 is 2.04 bits per heavy atom. The van der Waals surface area contributed by atoms with Gasteiger partial charge in [0.2, 0.25) is 0 Å². The van der Waals surface area contributed by atoms with E-state index in [-0.39, 0.29) is 24.7 Å². The van der Waals surface area contributed by atoms with Gasteiger partial charge < -0.3 is 34.5 Å². The number of ether oxygens (including phenoxy) is 4. The molecule has 2 aromatic carbocycles. The number of nitrogens with one attached hydrogen (secondary N) is 2. The lowest BCUT2D eigenvalue weighted by Gasteiger charge is -2.30. The molecule has 2 N–H and O–H groups in total. The number of benzene rings is 2. The number of unbranched alkanes of at least 4 members (excludes halogenated alkanes) is 1. The topological polar surface area (TPSA) is 115 Å². The van der Waals surface area contributed by atoms with E-state index in [0.717, 1.165) is 11.1 Å². The Morgan fingerprint density at radius 2 is 1.44 bits per heavy atom. The molecule has 3 atom stereocenters. The van der Waals surface area contributed by atoms with Crippen LogP contribution in [0.1, 0.15) is 78.4 Å². The number of amides is 2. The van der Waals surface area contributed by atoms with Gasteiger partial charge in [-0.15, -0.1) is 0 Å². The van der Waals surface area contributed by atoms with Crippen molar-refractivity contribution in [3.05, 3.63) is 71.8 Å². The number of hydrogen-bond donors (Lipinski definition) is 2. The highest BCUT2D eigenvalue weighted by Crippen LogP contribution is 2.24. The van der Waals surface area contributed by atoms with Gasteiger partial charge in [0.25, 0.3) is 0 Å². The van der Waals surface area contributed by atoms with Gasteiger partial charge in [-0.2, -0.15) is 0 Å². The second-order valence-corrected chi connectivity index (χ2v) is 13.4. The van der Waals surface area contributed by atoms with Crippen molar-refractivity contribution in [3.63, 3.8) is 0 Å². The van der Waals surface area contributed by atoms with Crippen LogP contribution in [0.25, 0.3) is 0 Å². The van der Waals surface area contributed by atoms with E-state index in [1.165, 1.54) is 0 Å². The minimum atomic E-state index is -0.645. The van der Waals surface area contributed by atoms with Gasteiger partial charge in [0, 0.05) is 13.1 Å². The molecule has 0 radical (unpaired) electrons. The molecule has 0 saturated carbocycles. The number of esters is 1. The van der Waals surface area contributed by atoms with Crippen molar-refractivity contribution in [1.82, 2.24) is 15.5 Å². The summed E-state index contributed by atoms with van der Waals surface area (Å²) in [4.78, 5) is 40.1. The number of nitrogens with zero attached hydrogens (tertiary/aromatic N) is 1. The Labute approximate surface area is 268 Å². The number of rotatable bonds is 14. The molecular weight excluding hydrogens is 574 g/mol. The molecule has 1 aliphatic rings. The van der Waals surface area contributed by atoms with E-state index in [4.69, 9.17) is 18.9 Å². The predicted octanol–water partition coefficient (Wildman–Crippen LogP) is 5.98. The lowest BCUT2D eigenvalue weighted by molar-refractivity contribution is -0.157. The van der Waals surface area contributed by atoms with Crippen molar-refractivity contribution < 1.29 is 33.3 Å². The van der Waals surface area contributed by atoms with Crippen LogP contribution in [0.3, 0.4) is 0 Å². The van der Waals surface area contributed by atoms with E-state index in [2.05, 4.69) is 10.6 Å². The van der Waals surface area contributed by atoms with Gasteiger partial charge in [-0.25, -0.2) is 9.59 Å². The highest BCUT2D eigenvalue weighted by Gasteiger charge is 2.39. The molecule has 0 aromatic heterocycles. The molecule has 10 nitrogen and oxygen atoms in total. The van der Waals surface area contributed by atoms with Crippen LogP contribution in [0.4, 0.5) is 9.59 Å². The molecule has 1 heterocycles. The van der Waals surface area contributed by atoms with E-state index in [1.54, 1.807) is 4.90 Å². The third kappa shape index (κ3) is 13.9. The van der Waals surface area contributed by atoms with Crippen LogP contribution < -0.4 is 10.6 Å². The number of carbonyl (C=O) groups excluding carboxylic acids is 3. The van der Waals surface area contributed by atoms with Crippen LogP contribution in [-0.2, 0) is 37.0 Å². The Kier molecular flexibility index (Phi) is 13.7. The van der Waals surface area contributed by atoms with Gasteiger partial charge in [-0.1, -0.05) is 60.7 Å². The summed E-state index contributed by atoms with van der Waals surface area (Å²) in [6.07, 6.45) is 1.38. The fourth-order valence-electron chi connectivity index (χ4n) is 4.91. The van der Waals surface area contributed by atoms with E-state index in [9.17, 15) is 14.4 Å². The van der Waals surface area contributed by atoms with Gasteiger partial charge in [0.05, 0.1) is 25.3 Å². The summed E-state index contributed by atoms with van der Waals surface area (Å²) in [5, 5.41) is 6.14. The standard InChI is InChI=1S/C35H51N3O7/c1-34(2,3)44-31(39)30(19-13-14-20-36-32(40)43-25-27-17-11-8-12-18-27)37-22-28-21-29(42-24-26-15-9-7-10-16-26)23-38(28)33(41)45-35(4,5)6/h7-12,15-18,28-30,37H,13-14,19-25H2,1-6H3,(H,36,40)/t28?,29-,30+/m1/s1. The molecule has 10 heteroatoms. The zero-order valence-electron chi connectivity index (χ0n) is 27.7. The monoisotopic (exact) mass is 625 g/mol. The first kappa shape index (κ1) is 35.8. The lowest BCUT2D eigenvalue weighted by atomic mass is 10.1. The molecule has 0 bridgehead atoms. The van der Waals surface area contributed by atoms with Crippen molar-refractivity contribution >= 4 is 18.2 Å². The molecule has 45 heavy (non-hydrogen) atoms. The molecule has 1 saturated heterocycles. The smallest absolute Gasteiger partial charge is 0.410 e. The second-order valence-electron chi connectivity index (χ2n) is 13.4. The second kappa shape index (κ2) is 17.2. The first-order chi connectivity index (χ1) is 21.3. The third-order valence-electron chi connectivity index (χ3n) is 7.03. The van der Waals surface area contributed by atoms with Crippen LogP contribution in [-0.4, -0.2) is 72.1 Å². The van der Waals surface area contributed by atoms with Gasteiger partial charge in [0.15, 0.2) is 0 Å². The molecule has 2 aromatic rings. The molecule has 1 fully saturated rings. The van der Waals surface area contributed by atoms with Crippen molar-refractivity contribution in [2.75, 3.05) is 19.6 Å². The first-order valence-electron chi connectivity index (χ1n) is 15.8. The van der Waals surface area contributed by atoms with E-state index in [1.807, 2.05) is 102 Å². The summed E-state index contributed by atoms with van der Waals surface area (Å²) < 4.78 is 22.9. The normalized spacial score (nSPS) is 17.4. The fraction of sp³-hybridized carbons (Fsp3) is 0.571. The van der Waals surface area contributed by atoms with Crippen molar-refractivity contribution in [2.24, 2.45) is 0 Å². The summed E-state index contributed by atoms with van der Waals surface area (Å²) in [6.45, 7) is 12.9. The highest BCUT2D eigenvalue weighted by atomic mass is 16.6. The third-order valence-corrected chi connectivity index (χ3v) is 7.03. The molecule has 0 aliphatic carbocycles. The first-order valence-corrected chi connectivity index (χ1v) is 15.8. The highest BCUT2D eigenvalue weighted by molar-refractivity contribution is 5.76. The fourth-order valence-corrected chi connectivity index (χ4v) is 4.91. The van der Waals surface area contributed by atoms with E-state index in [0.29, 0.717) is 51.9 Å². The minimum absolute atomic E-state index is 0.169. The molecule has 1 aliphatic heterocycles. The van der Waals surface area contributed by atoms with Gasteiger partial charge >= 0.3 is 18.2 Å². The average Bonchev–Trinajstić information content (AvgIpc) is 3.39. The molecular formula is C35H51N3O7. The number of hydrogen-bond acceptors (Lipinski definition) is 8. The quantitative estimate of drug-likeness (QED) is 0.150. The van der Waals surface area contributed by atoms with E-state index < -0.39 is 29.4 Å². The predicted molar refractivity (Wildman–Crippen MR) is 172 cm³/mol. The molecule has 2 amide bonds. The van der Waals surface area contributed by atoms with Crippen LogP contribution in [0.2, 0.25) is 0 Å². The maximum absolute atomic E-state index is 13.2. The lowest BCUT2D eigenvalue weighted by Crippen LogP contribution is -2.49. The van der Waals surface area contributed by atoms with Gasteiger partial charge in [-0.05, 0) is 78.4 Å². The zero-order chi connectivity index (χ0) is 32.9. The molecule has 248 valence electrons. The Morgan fingerprint density at radius 1 is 0.844 bits per heavy atom. The Hall–Kier alpha value is -3.63. The van der Waals surface area contributed by atoms with Crippen LogP contribution in [0.5, 0.6) is 0 Å². The molecule has 3 rings (SSSR count). The van der Waals surface area contributed by atoms with Gasteiger partial charge in [0.1, 0.15) is 23.9 Å². The zero-order valence-corrected chi connectivity index (χ0v) is 27.7. The van der Waals surface area contributed by atoms with Gasteiger partial charge in [-0.3, -0.25) is 4.79 Å². The SMILES string of the molecule is CC(C)(C)OC(=O)[C@H](CCCCNC(=O)OCc1ccccc1)NCC1C[C@@H](OCc2ccccc2)CN1C(=O)OC(C)(C)C. The van der Waals surface area contributed by atoms with Crippen molar-refractivity contribution in [3.8, 4) is 0 Å². The summed E-state index contributed by atoms with van der Waals surface area (Å²) in [6, 6.07) is 18.6. The molecule has 1 unspecified atom stereocenters. The average molecular weight is 626 g/mol. The van der Waals surface area contributed by atoms with Crippen molar-refractivity contribution in [1.29, 1.82) is 0 Å². The number of likely N-dealkylation sites (tertiary alicyclic amines) is 1. The maximum Gasteiger partial charge on any atom is 0.410 e. The molecule has 0 spiro atoms. The maximum atomic E-state index is 13.2. The van der Waals surface area contributed by atoms with Crippen LogP contribution in [0.15, 0.2) is 60.7 Å². The number of alkyl carbamates (subject to hydrolysis) is 1.